The average molecular weight is 432 g/mol. The highest BCUT2D eigenvalue weighted by molar-refractivity contribution is 5.82. The van der Waals surface area contributed by atoms with Gasteiger partial charge in [0.15, 0.2) is 12.0 Å². The Labute approximate surface area is 179 Å². The molecule has 0 saturated heterocycles. The second-order valence-corrected chi connectivity index (χ2v) is 7.73. The van der Waals surface area contributed by atoms with Crippen LogP contribution in [0.2, 0.25) is 0 Å². The highest BCUT2D eigenvalue weighted by Crippen LogP contribution is 2.14. The lowest BCUT2D eigenvalue weighted by atomic mass is 10.0. The van der Waals surface area contributed by atoms with Gasteiger partial charge in [0.05, 0.1) is 6.10 Å². The fraction of sp³-hybridized carbons (Fsp3) is 0.810. The molecule has 0 bridgehead atoms. The molecule has 0 amide bonds. The first-order valence-electron chi connectivity index (χ1n) is 10.9. The van der Waals surface area contributed by atoms with E-state index in [1.807, 2.05) is 0 Å². The van der Waals surface area contributed by atoms with Crippen molar-refractivity contribution in [2.75, 3.05) is 0 Å². The van der Waals surface area contributed by atoms with Gasteiger partial charge in [0.2, 0.25) is 0 Å². The van der Waals surface area contributed by atoms with E-state index in [9.17, 15) is 25.2 Å². The van der Waals surface area contributed by atoms with Gasteiger partial charge in [0.25, 0.3) is 0 Å². The van der Waals surface area contributed by atoms with Crippen molar-refractivity contribution in [2.24, 2.45) is 16.5 Å². The Morgan fingerprint density at radius 1 is 0.900 bits per heavy atom. The van der Waals surface area contributed by atoms with Crippen LogP contribution in [0.5, 0.6) is 0 Å². The molecule has 9 heteroatoms. The molecule has 0 heterocycles. The third-order valence-electron chi connectivity index (χ3n) is 4.95. The molecule has 0 rings (SSSR count). The van der Waals surface area contributed by atoms with Crippen molar-refractivity contribution in [1.82, 2.24) is 0 Å². The van der Waals surface area contributed by atoms with Gasteiger partial charge >= 0.3 is 5.97 Å². The van der Waals surface area contributed by atoms with E-state index >= 15 is 0 Å². The molecule has 9 N–H and O–H groups in total. The van der Waals surface area contributed by atoms with Gasteiger partial charge in [-0.25, -0.2) is 9.79 Å². The average Bonchev–Trinajstić information content (AvgIpc) is 2.69. The monoisotopic (exact) mass is 431 g/mol. The summed E-state index contributed by atoms with van der Waals surface area (Å²) in [5.41, 5.74) is 10.2. The van der Waals surface area contributed by atoms with Crippen LogP contribution in [0.25, 0.3) is 0 Å². The Balaban J connectivity index is 4.04. The lowest BCUT2D eigenvalue weighted by Crippen LogP contribution is -2.47. The van der Waals surface area contributed by atoms with Gasteiger partial charge in [-0.3, -0.25) is 0 Å². The Bertz CT molecular complexity index is 511. The number of aliphatic carboxylic acids is 1. The van der Waals surface area contributed by atoms with Crippen LogP contribution in [-0.2, 0) is 4.79 Å². The molecule has 5 atom stereocenters. The zero-order valence-electron chi connectivity index (χ0n) is 18.1. The maximum Gasteiger partial charge on any atom is 0.331 e. The molecule has 0 spiro atoms. The summed E-state index contributed by atoms with van der Waals surface area (Å²) in [6, 6.07) is -1.77. The van der Waals surface area contributed by atoms with Crippen LogP contribution in [0.1, 0.15) is 77.6 Å². The summed E-state index contributed by atoms with van der Waals surface area (Å²) >= 11 is 0. The fourth-order valence-electron chi connectivity index (χ4n) is 3.12. The number of aliphatic hydroxyl groups is 4. The zero-order valence-corrected chi connectivity index (χ0v) is 18.1. The molecular weight excluding hydrogens is 390 g/mol. The Morgan fingerprint density at radius 2 is 1.47 bits per heavy atom. The predicted molar refractivity (Wildman–Crippen MR) is 117 cm³/mol. The summed E-state index contributed by atoms with van der Waals surface area (Å²) in [6.07, 6.45) is 8.67. The molecule has 0 aromatic heterocycles. The number of aliphatic imine (C=N–C) groups is 1. The number of unbranched alkanes of at least 4 members (excludes halogenated alkanes) is 7. The molecule has 0 unspecified atom stereocenters. The molecule has 0 fully saturated rings. The van der Waals surface area contributed by atoms with E-state index in [-0.39, 0.29) is 6.10 Å². The largest absolute Gasteiger partial charge is 0.480 e. The van der Waals surface area contributed by atoms with E-state index in [0.717, 1.165) is 44.9 Å². The third kappa shape index (κ3) is 13.5. The topological polar surface area (TPSA) is 183 Å². The summed E-state index contributed by atoms with van der Waals surface area (Å²) in [6.45, 7) is 2.17. The minimum atomic E-state index is -1.86. The second kappa shape index (κ2) is 17.0. The number of hydrogen-bond acceptors (Lipinski definition) is 6. The van der Waals surface area contributed by atoms with E-state index in [0.29, 0.717) is 6.42 Å². The van der Waals surface area contributed by atoms with Gasteiger partial charge < -0.3 is 37.0 Å². The van der Waals surface area contributed by atoms with Crippen LogP contribution in [0, 0.1) is 0 Å². The number of aliphatic hydroxyl groups excluding tert-OH is 4. The molecule has 0 aliphatic rings. The lowest BCUT2D eigenvalue weighted by molar-refractivity contribution is -0.144. The summed E-state index contributed by atoms with van der Waals surface area (Å²) < 4.78 is 0. The maximum absolute atomic E-state index is 11.1. The van der Waals surface area contributed by atoms with Crippen molar-refractivity contribution in [3.05, 3.63) is 12.2 Å². The third-order valence-corrected chi connectivity index (χ3v) is 4.95. The Kier molecular flexibility index (Phi) is 16.1. The predicted octanol–water partition coefficient (Wildman–Crippen LogP) is 1.02. The van der Waals surface area contributed by atoms with Crippen molar-refractivity contribution >= 4 is 11.9 Å². The Morgan fingerprint density at radius 3 is 2.00 bits per heavy atom. The van der Waals surface area contributed by atoms with E-state index < -0.39 is 36.3 Å². The molecule has 30 heavy (non-hydrogen) atoms. The molecule has 0 aromatic carbocycles. The number of nitrogens with zero attached hydrogens (tertiary/aromatic N) is 1. The maximum atomic E-state index is 11.1. The van der Waals surface area contributed by atoms with Gasteiger partial charge in [0.1, 0.15) is 18.3 Å². The zero-order chi connectivity index (χ0) is 22.9. The minimum absolute atomic E-state index is 0.210. The van der Waals surface area contributed by atoms with Gasteiger partial charge in [0, 0.05) is 0 Å². The highest BCUT2D eigenvalue weighted by Gasteiger charge is 2.35. The summed E-state index contributed by atoms with van der Waals surface area (Å²) in [5.74, 6) is -2.06. The van der Waals surface area contributed by atoms with Crippen molar-refractivity contribution in [3.8, 4) is 0 Å². The number of nitrogens with two attached hydrogens (primary N) is 2. The van der Waals surface area contributed by atoms with Gasteiger partial charge in [-0.15, -0.1) is 0 Å². The number of allylic oxidation sites excluding steroid dienone is 1. The van der Waals surface area contributed by atoms with Crippen LogP contribution in [0.4, 0.5) is 0 Å². The lowest BCUT2D eigenvalue weighted by Gasteiger charge is -2.23. The minimum Gasteiger partial charge on any atom is -0.480 e. The number of carbonyl (C=O) groups is 1. The molecule has 9 nitrogen and oxygen atoms in total. The molecule has 0 aliphatic heterocycles. The van der Waals surface area contributed by atoms with E-state index in [1.165, 1.54) is 25.3 Å². The number of guanidine groups is 1. The second-order valence-electron chi connectivity index (χ2n) is 7.73. The van der Waals surface area contributed by atoms with Crippen LogP contribution in [0.3, 0.4) is 0 Å². The number of carboxylic acids is 1. The summed E-state index contributed by atoms with van der Waals surface area (Å²) in [7, 11) is 0. The molecule has 0 aliphatic carbocycles. The van der Waals surface area contributed by atoms with Crippen LogP contribution in [-0.4, -0.2) is 67.9 Å². The molecule has 0 radical (unpaired) electrons. The first kappa shape index (κ1) is 28.3. The standard InChI is InChI=1S/C21H41N3O6/c1-2-3-4-9-12-15(25)13-10-7-5-6-8-11-14-16(26)18(27)19(28)17(20(29)30)24-21(22)23/h11,14-19,25-28H,2-10,12-13H2,1H3,(H,29,30)(H4,22,23,24)/b14-11+/t15-,16-,17-,18+,19+/m0/s1. The molecular formula is C21H41N3O6. The fourth-order valence-corrected chi connectivity index (χ4v) is 3.12. The van der Waals surface area contributed by atoms with Crippen molar-refractivity contribution < 1.29 is 30.3 Å². The smallest absolute Gasteiger partial charge is 0.331 e. The van der Waals surface area contributed by atoms with Crippen molar-refractivity contribution in [1.29, 1.82) is 0 Å². The first-order valence-corrected chi connectivity index (χ1v) is 10.9. The molecule has 0 aromatic rings. The SMILES string of the molecule is CCCCCC[C@H](O)CCCCCC/C=C/[C@H](O)[C@@H](O)[C@H](O)[C@H](N=C(N)N)C(=O)O. The van der Waals surface area contributed by atoms with Crippen LogP contribution >= 0.6 is 0 Å². The van der Waals surface area contributed by atoms with E-state index in [1.54, 1.807) is 6.08 Å². The van der Waals surface area contributed by atoms with Crippen molar-refractivity contribution in [2.45, 2.75) is 108 Å². The van der Waals surface area contributed by atoms with Gasteiger partial charge in [-0.2, -0.15) is 0 Å². The van der Waals surface area contributed by atoms with Crippen molar-refractivity contribution in [3.63, 3.8) is 0 Å². The molecule has 0 saturated carbocycles. The van der Waals surface area contributed by atoms with Gasteiger partial charge in [-0.05, 0) is 25.7 Å². The van der Waals surface area contributed by atoms with E-state index in [4.69, 9.17) is 16.6 Å². The normalized spacial score (nSPS) is 16.7. The number of hydrogen-bond donors (Lipinski definition) is 7. The van der Waals surface area contributed by atoms with Crippen LogP contribution < -0.4 is 11.5 Å². The number of carboxylic acid groups (broad SMARTS) is 1. The first-order chi connectivity index (χ1) is 14.2. The van der Waals surface area contributed by atoms with Gasteiger partial charge in [-0.1, -0.05) is 64.0 Å². The quantitative estimate of drug-likeness (QED) is 0.0726. The molecule has 176 valence electrons. The number of rotatable bonds is 18. The van der Waals surface area contributed by atoms with Crippen LogP contribution in [0.15, 0.2) is 17.1 Å². The van der Waals surface area contributed by atoms with E-state index in [2.05, 4.69) is 11.9 Å². The highest BCUT2D eigenvalue weighted by atomic mass is 16.4. The summed E-state index contributed by atoms with van der Waals surface area (Å²) in [4.78, 5) is 14.5. The Hall–Kier alpha value is -1.68. The summed E-state index contributed by atoms with van der Waals surface area (Å²) in [5, 5.41) is 48.8.